The quantitative estimate of drug-likeness (QED) is 0.828. The van der Waals surface area contributed by atoms with Crippen LogP contribution in [0.15, 0.2) is 29.2 Å². The molecule has 132 valence electrons. The van der Waals surface area contributed by atoms with E-state index in [1.807, 2.05) is 49.3 Å². The number of amides is 3. The number of para-hydroxylation sites is 1. The predicted molar refractivity (Wildman–Crippen MR) is 99.5 cm³/mol. The highest BCUT2D eigenvalue weighted by molar-refractivity contribution is 7.98. The lowest BCUT2D eigenvalue weighted by Crippen LogP contribution is -2.48. The minimum Gasteiger partial charge on any atom is -0.343 e. The Morgan fingerprint density at radius 2 is 2.00 bits per heavy atom. The number of piperidine rings is 1. The molecule has 1 aliphatic heterocycles. The normalized spacial score (nSPS) is 17.5. The van der Waals surface area contributed by atoms with Crippen LogP contribution in [-0.4, -0.2) is 54.2 Å². The molecule has 24 heavy (non-hydrogen) atoms. The number of likely N-dealkylation sites (tertiary alicyclic amines) is 1. The number of nitrogens with zero attached hydrogens (tertiary/aromatic N) is 2. The fourth-order valence-corrected chi connectivity index (χ4v) is 3.65. The second-order valence-electron chi connectivity index (χ2n) is 5.93. The lowest BCUT2D eigenvalue weighted by atomic mass is 9.96. The third-order valence-electron chi connectivity index (χ3n) is 4.48. The number of rotatable bonds is 5. The van der Waals surface area contributed by atoms with E-state index in [9.17, 15) is 9.59 Å². The Kier molecular flexibility index (Phi) is 6.97. The topological polar surface area (TPSA) is 52.7 Å². The van der Waals surface area contributed by atoms with Crippen molar-refractivity contribution in [1.82, 2.24) is 9.80 Å². The summed E-state index contributed by atoms with van der Waals surface area (Å²) >= 11 is 1.61. The highest BCUT2D eigenvalue weighted by Gasteiger charge is 2.30. The van der Waals surface area contributed by atoms with Gasteiger partial charge in [0.2, 0.25) is 5.91 Å². The van der Waals surface area contributed by atoms with Gasteiger partial charge in [-0.1, -0.05) is 12.1 Å². The molecule has 0 aliphatic carbocycles. The molecule has 0 aromatic heterocycles. The van der Waals surface area contributed by atoms with E-state index in [2.05, 4.69) is 5.32 Å². The molecule has 0 radical (unpaired) electrons. The van der Waals surface area contributed by atoms with Crippen molar-refractivity contribution < 1.29 is 9.59 Å². The molecule has 1 saturated heterocycles. The van der Waals surface area contributed by atoms with Gasteiger partial charge in [-0.05, 0) is 45.1 Å². The summed E-state index contributed by atoms with van der Waals surface area (Å²) in [6, 6.07) is 7.66. The zero-order chi connectivity index (χ0) is 17.5. The van der Waals surface area contributed by atoms with E-state index in [-0.39, 0.29) is 17.9 Å². The average molecular weight is 350 g/mol. The van der Waals surface area contributed by atoms with Crippen LogP contribution < -0.4 is 5.32 Å². The lowest BCUT2D eigenvalue weighted by molar-refractivity contribution is -0.136. The number of thioether (sulfide) groups is 1. The van der Waals surface area contributed by atoms with E-state index >= 15 is 0 Å². The highest BCUT2D eigenvalue weighted by atomic mass is 32.2. The van der Waals surface area contributed by atoms with E-state index in [0.717, 1.165) is 36.5 Å². The molecule has 2 rings (SSSR count). The van der Waals surface area contributed by atoms with Crippen molar-refractivity contribution in [3.63, 3.8) is 0 Å². The van der Waals surface area contributed by atoms with E-state index < -0.39 is 0 Å². The second-order valence-corrected chi connectivity index (χ2v) is 6.77. The molecule has 1 heterocycles. The van der Waals surface area contributed by atoms with Crippen molar-refractivity contribution >= 4 is 29.4 Å². The lowest BCUT2D eigenvalue weighted by Gasteiger charge is -2.34. The van der Waals surface area contributed by atoms with Gasteiger partial charge in [-0.3, -0.25) is 4.79 Å². The first-order valence-corrected chi connectivity index (χ1v) is 9.80. The van der Waals surface area contributed by atoms with Crippen LogP contribution in [0.3, 0.4) is 0 Å². The first kappa shape index (κ1) is 18.6. The number of carbonyl (C=O) groups excluding carboxylic acids is 2. The Labute approximate surface area is 148 Å². The van der Waals surface area contributed by atoms with Crippen LogP contribution in [0.1, 0.15) is 26.7 Å². The zero-order valence-electron chi connectivity index (χ0n) is 14.7. The van der Waals surface area contributed by atoms with Gasteiger partial charge in [-0.25, -0.2) is 4.79 Å². The molecule has 1 N–H and O–H groups in total. The van der Waals surface area contributed by atoms with Crippen molar-refractivity contribution in [1.29, 1.82) is 0 Å². The van der Waals surface area contributed by atoms with Crippen molar-refractivity contribution in [3.05, 3.63) is 24.3 Å². The molecule has 1 aromatic rings. The smallest absolute Gasteiger partial charge is 0.321 e. The average Bonchev–Trinajstić information content (AvgIpc) is 2.63. The Hall–Kier alpha value is -1.69. The monoisotopic (exact) mass is 349 g/mol. The summed E-state index contributed by atoms with van der Waals surface area (Å²) in [6.07, 6.45) is 3.72. The number of hydrogen-bond donors (Lipinski definition) is 1. The number of anilines is 1. The summed E-state index contributed by atoms with van der Waals surface area (Å²) < 4.78 is 0. The molecule has 3 amide bonds. The Morgan fingerprint density at radius 1 is 1.29 bits per heavy atom. The molecule has 5 nitrogen and oxygen atoms in total. The number of nitrogens with one attached hydrogen (secondary N) is 1. The molecule has 0 bridgehead atoms. The summed E-state index contributed by atoms with van der Waals surface area (Å²) in [5, 5.41) is 2.99. The standard InChI is InChI=1S/C18H27N3O2S/c1-4-20(5-2)17(22)14-9-8-12-21(13-14)18(23)19-15-10-6-7-11-16(15)24-3/h6-7,10-11,14H,4-5,8-9,12-13H2,1-3H3,(H,19,23). The molecule has 1 unspecified atom stereocenters. The Morgan fingerprint density at radius 3 is 2.67 bits per heavy atom. The zero-order valence-corrected chi connectivity index (χ0v) is 15.6. The third-order valence-corrected chi connectivity index (χ3v) is 5.28. The van der Waals surface area contributed by atoms with Crippen molar-refractivity contribution in [2.75, 3.05) is 37.8 Å². The molecule has 0 spiro atoms. The largest absolute Gasteiger partial charge is 0.343 e. The van der Waals surface area contributed by atoms with Gasteiger partial charge in [0.05, 0.1) is 11.6 Å². The van der Waals surface area contributed by atoms with Crippen LogP contribution in [0.5, 0.6) is 0 Å². The molecular weight excluding hydrogens is 322 g/mol. The minimum atomic E-state index is -0.117. The fraction of sp³-hybridized carbons (Fsp3) is 0.556. The van der Waals surface area contributed by atoms with Crippen molar-refractivity contribution in [2.24, 2.45) is 5.92 Å². The van der Waals surface area contributed by atoms with Crippen LogP contribution >= 0.6 is 11.8 Å². The Bertz CT molecular complexity index is 575. The van der Waals surface area contributed by atoms with Gasteiger partial charge >= 0.3 is 6.03 Å². The highest BCUT2D eigenvalue weighted by Crippen LogP contribution is 2.26. The summed E-state index contributed by atoms with van der Waals surface area (Å²) in [6.45, 7) is 6.64. The number of hydrogen-bond acceptors (Lipinski definition) is 3. The van der Waals surface area contributed by atoms with Gasteiger partial charge in [0.15, 0.2) is 0 Å². The maximum atomic E-state index is 12.6. The molecule has 6 heteroatoms. The van der Waals surface area contributed by atoms with Crippen LogP contribution in [0.25, 0.3) is 0 Å². The maximum Gasteiger partial charge on any atom is 0.321 e. The SMILES string of the molecule is CCN(CC)C(=O)C1CCCN(C(=O)Nc2ccccc2SC)C1. The maximum absolute atomic E-state index is 12.6. The Balaban J connectivity index is 2.01. The van der Waals surface area contributed by atoms with Gasteiger partial charge in [-0.15, -0.1) is 11.8 Å². The molecular formula is C18H27N3O2S. The first-order chi connectivity index (χ1) is 11.6. The first-order valence-electron chi connectivity index (χ1n) is 8.58. The van der Waals surface area contributed by atoms with Gasteiger partial charge in [0, 0.05) is 31.1 Å². The third kappa shape index (κ3) is 4.44. The van der Waals surface area contributed by atoms with E-state index in [1.54, 1.807) is 16.7 Å². The van der Waals surface area contributed by atoms with Crippen molar-refractivity contribution in [2.45, 2.75) is 31.6 Å². The fourth-order valence-electron chi connectivity index (χ4n) is 3.10. The summed E-state index contributed by atoms with van der Waals surface area (Å²) in [5.41, 5.74) is 0.826. The minimum absolute atomic E-state index is 0.0832. The molecule has 1 aliphatic rings. The number of urea groups is 1. The van der Waals surface area contributed by atoms with Gasteiger partial charge in [-0.2, -0.15) is 0 Å². The molecule has 1 aromatic carbocycles. The van der Waals surface area contributed by atoms with E-state index in [4.69, 9.17) is 0 Å². The van der Waals surface area contributed by atoms with Crippen molar-refractivity contribution in [3.8, 4) is 0 Å². The second kappa shape index (κ2) is 8.97. The molecule has 1 atom stereocenters. The summed E-state index contributed by atoms with van der Waals surface area (Å²) in [4.78, 5) is 29.8. The predicted octanol–water partition coefficient (Wildman–Crippen LogP) is 3.52. The van der Waals surface area contributed by atoms with E-state index in [0.29, 0.717) is 13.1 Å². The van der Waals surface area contributed by atoms with Gasteiger partial charge in [0.1, 0.15) is 0 Å². The summed E-state index contributed by atoms with van der Waals surface area (Å²) in [7, 11) is 0. The number of carbonyl (C=O) groups is 2. The van der Waals surface area contributed by atoms with Gasteiger partial charge < -0.3 is 15.1 Å². The van der Waals surface area contributed by atoms with Crippen LogP contribution in [0, 0.1) is 5.92 Å². The van der Waals surface area contributed by atoms with Crippen LogP contribution in [0.4, 0.5) is 10.5 Å². The summed E-state index contributed by atoms with van der Waals surface area (Å²) in [5.74, 6) is 0.0854. The van der Waals surface area contributed by atoms with E-state index in [1.165, 1.54) is 0 Å². The number of benzene rings is 1. The van der Waals surface area contributed by atoms with Crippen LogP contribution in [-0.2, 0) is 4.79 Å². The molecule has 1 fully saturated rings. The van der Waals surface area contributed by atoms with Crippen LogP contribution in [0.2, 0.25) is 0 Å². The molecule has 0 saturated carbocycles. The van der Waals surface area contributed by atoms with Gasteiger partial charge in [0.25, 0.3) is 0 Å².